The predicted octanol–water partition coefficient (Wildman–Crippen LogP) is 1.84. The van der Waals surface area contributed by atoms with Crippen LogP contribution in [0.2, 0.25) is 0 Å². The molecule has 1 aromatic carbocycles. The molecule has 0 spiro atoms. The maximum Gasteiger partial charge on any atom is 0.117 e. The van der Waals surface area contributed by atoms with Crippen molar-refractivity contribution in [2.24, 2.45) is 0 Å². The van der Waals surface area contributed by atoms with Crippen LogP contribution in [0, 0.1) is 6.92 Å². The zero-order chi connectivity index (χ0) is 11.5. The van der Waals surface area contributed by atoms with Crippen LogP contribution in [0.5, 0.6) is 0 Å². The number of nitrogens with one attached hydrogen (secondary N) is 1. The summed E-state index contributed by atoms with van der Waals surface area (Å²) in [5, 5.41) is 11.1. The number of benzene rings is 1. The first-order chi connectivity index (χ1) is 7.68. The Balaban J connectivity index is 2.41. The standard InChI is InChI=1S/C12H16N4/c1-9-6-4-5-7-10(9)12-11(8-16(2)3)13-15-14-12/h4-7H,8H2,1-3H3,(H,13,14,15). The lowest BCUT2D eigenvalue weighted by molar-refractivity contribution is 0.397. The van der Waals surface area contributed by atoms with Crippen molar-refractivity contribution in [2.75, 3.05) is 14.1 Å². The molecular formula is C12H16N4. The molecule has 2 rings (SSSR count). The molecule has 84 valence electrons. The molecule has 0 radical (unpaired) electrons. The minimum absolute atomic E-state index is 0.792. The Labute approximate surface area is 95.3 Å². The predicted molar refractivity (Wildman–Crippen MR) is 63.9 cm³/mol. The van der Waals surface area contributed by atoms with Crippen molar-refractivity contribution in [3.8, 4) is 11.3 Å². The van der Waals surface area contributed by atoms with Gasteiger partial charge in [0.05, 0.1) is 0 Å². The molecule has 0 unspecified atom stereocenters. The Morgan fingerprint density at radius 3 is 2.62 bits per heavy atom. The normalized spacial score (nSPS) is 11.0. The van der Waals surface area contributed by atoms with Crippen molar-refractivity contribution < 1.29 is 0 Å². The van der Waals surface area contributed by atoms with E-state index in [0.717, 1.165) is 23.5 Å². The van der Waals surface area contributed by atoms with Crippen molar-refractivity contribution in [3.05, 3.63) is 35.5 Å². The van der Waals surface area contributed by atoms with Gasteiger partial charge in [0, 0.05) is 12.1 Å². The van der Waals surface area contributed by atoms with Crippen LogP contribution in [-0.2, 0) is 6.54 Å². The first-order valence-electron chi connectivity index (χ1n) is 5.29. The largest absolute Gasteiger partial charge is 0.303 e. The molecule has 0 aliphatic rings. The third-order valence-electron chi connectivity index (χ3n) is 2.49. The van der Waals surface area contributed by atoms with Gasteiger partial charge in [-0.1, -0.05) is 24.3 Å². The summed E-state index contributed by atoms with van der Waals surface area (Å²) in [4.78, 5) is 2.08. The fourth-order valence-electron chi connectivity index (χ4n) is 1.72. The summed E-state index contributed by atoms with van der Waals surface area (Å²) < 4.78 is 0. The fraction of sp³-hybridized carbons (Fsp3) is 0.333. The van der Waals surface area contributed by atoms with Crippen LogP contribution >= 0.6 is 0 Å². The van der Waals surface area contributed by atoms with Crippen LogP contribution in [0.1, 0.15) is 11.3 Å². The lowest BCUT2D eigenvalue weighted by Gasteiger charge is -2.08. The molecule has 16 heavy (non-hydrogen) atoms. The second-order valence-corrected chi connectivity index (χ2v) is 4.17. The van der Waals surface area contributed by atoms with Crippen LogP contribution in [0.4, 0.5) is 0 Å². The Kier molecular flexibility index (Phi) is 3.01. The van der Waals surface area contributed by atoms with E-state index < -0.39 is 0 Å². The molecule has 0 fully saturated rings. The third kappa shape index (κ3) is 2.12. The Hall–Kier alpha value is -1.68. The molecule has 0 aliphatic carbocycles. The first-order valence-corrected chi connectivity index (χ1v) is 5.29. The highest BCUT2D eigenvalue weighted by Gasteiger charge is 2.12. The Morgan fingerprint density at radius 1 is 1.19 bits per heavy atom. The number of aryl methyl sites for hydroxylation is 1. The van der Waals surface area contributed by atoms with Gasteiger partial charge in [0.2, 0.25) is 0 Å². The minimum Gasteiger partial charge on any atom is -0.303 e. The zero-order valence-electron chi connectivity index (χ0n) is 9.86. The van der Waals surface area contributed by atoms with Gasteiger partial charge in [-0.05, 0) is 26.6 Å². The van der Waals surface area contributed by atoms with Gasteiger partial charge in [-0.3, -0.25) is 0 Å². The van der Waals surface area contributed by atoms with Crippen LogP contribution in [0.3, 0.4) is 0 Å². The van der Waals surface area contributed by atoms with E-state index in [1.807, 2.05) is 26.2 Å². The second-order valence-electron chi connectivity index (χ2n) is 4.17. The van der Waals surface area contributed by atoms with Gasteiger partial charge < -0.3 is 4.90 Å². The Bertz CT molecular complexity index is 473. The molecule has 4 heteroatoms. The maximum absolute atomic E-state index is 4.24. The number of hydrogen-bond donors (Lipinski definition) is 1. The quantitative estimate of drug-likeness (QED) is 0.851. The van der Waals surface area contributed by atoms with Gasteiger partial charge in [0.15, 0.2) is 0 Å². The molecule has 0 aliphatic heterocycles. The molecule has 0 saturated carbocycles. The number of nitrogens with zero attached hydrogens (tertiary/aromatic N) is 3. The van der Waals surface area contributed by atoms with Crippen LogP contribution in [0.25, 0.3) is 11.3 Å². The van der Waals surface area contributed by atoms with E-state index in [-0.39, 0.29) is 0 Å². The number of rotatable bonds is 3. The molecule has 0 atom stereocenters. The summed E-state index contributed by atoms with van der Waals surface area (Å²) in [6.45, 7) is 2.88. The van der Waals surface area contributed by atoms with Crippen molar-refractivity contribution in [1.82, 2.24) is 20.3 Å². The van der Waals surface area contributed by atoms with Gasteiger partial charge in [0.25, 0.3) is 0 Å². The molecule has 0 bridgehead atoms. The molecule has 1 N–H and O–H groups in total. The lowest BCUT2D eigenvalue weighted by Crippen LogP contribution is -2.11. The number of H-pyrrole nitrogens is 1. The van der Waals surface area contributed by atoms with Crippen molar-refractivity contribution >= 4 is 0 Å². The highest BCUT2D eigenvalue weighted by Crippen LogP contribution is 2.23. The first kappa shape index (κ1) is 10.8. The average Bonchev–Trinajstić information content (AvgIpc) is 2.66. The third-order valence-corrected chi connectivity index (χ3v) is 2.49. The molecule has 0 saturated heterocycles. The van der Waals surface area contributed by atoms with Crippen molar-refractivity contribution in [2.45, 2.75) is 13.5 Å². The van der Waals surface area contributed by atoms with E-state index in [9.17, 15) is 0 Å². The number of aromatic amines is 1. The van der Waals surface area contributed by atoms with Gasteiger partial charge in [-0.25, -0.2) is 0 Å². The van der Waals surface area contributed by atoms with Gasteiger partial charge >= 0.3 is 0 Å². The molecule has 1 aromatic heterocycles. The summed E-state index contributed by atoms with van der Waals surface area (Å²) >= 11 is 0. The highest BCUT2D eigenvalue weighted by molar-refractivity contribution is 5.64. The smallest absolute Gasteiger partial charge is 0.117 e. The molecule has 1 heterocycles. The average molecular weight is 216 g/mol. The summed E-state index contributed by atoms with van der Waals surface area (Å²) in [7, 11) is 4.05. The molecule has 2 aromatic rings. The monoisotopic (exact) mass is 216 g/mol. The van der Waals surface area contributed by atoms with Crippen molar-refractivity contribution in [1.29, 1.82) is 0 Å². The summed E-state index contributed by atoms with van der Waals surface area (Å²) in [5.74, 6) is 0. The lowest BCUT2D eigenvalue weighted by atomic mass is 10.0. The van der Waals surface area contributed by atoms with Crippen LogP contribution in [-0.4, -0.2) is 34.4 Å². The summed E-state index contributed by atoms with van der Waals surface area (Å²) in [6.07, 6.45) is 0. The SMILES string of the molecule is Cc1ccccc1-c1n[nH]nc1CN(C)C. The second kappa shape index (κ2) is 4.45. The molecule has 4 nitrogen and oxygen atoms in total. The van der Waals surface area contributed by atoms with E-state index in [0.29, 0.717) is 0 Å². The van der Waals surface area contributed by atoms with E-state index in [1.165, 1.54) is 5.56 Å². The van der Waals surface area contributed by atoms with Gasteiger partial charge in [-0.2, -0.15) is 15.4 Å². The van der Waals surface area contributed by atoms with E-state index in [4.69, 9.17) is 0 Å². The highest BCUT2D eigenvalue weighted by atomic mass is 15.3. The van der Waals surface area contributed by atoms with Crippen LogP contribution < -0.4 is 0 Å². The van der Waals surface area contributed by atoms with E-state index in [1.54, 1.807) is 0 Å². The van der Waals surface area contributed by atoms with Gasteiger partial charge in [-0.15, -0.1) is 0 Å². The summed E-state index contributed by atoms with van der Waals surface area (Å²) in [6, 6.07) is 8.22. The van der Waals surface area contributed by atoms with Crippen LogP contribution in [0.15, 0.2) is 24.3 Å². The topological polar surface area (TPSA) is 44.8 Å². The minimum atomic E-state index is 0.792. The fourth-order valence-corrected chi connectivity index (χ4v) is 1.72. The maximum atomic E-state index is 4.24. The number of aromatic nitrogens is 3. The van der Waals surface area contributed by atoms with Gasteiger partial charge in [0.1, 0.15) is 11.4 Å². The van der Waals surface area contributed by atoms with Crippen molar-refractivity contribution in [3.63, 3.8) is 0 Å². The summed E-state index contributed by atoms with van der Waals surface area (Å²) in [5.41, 5.74) is 4.30. The number of hydrogen-bond acceptors (Lipinski definition) is 3. The Morgan fingerprint density at radius 2 is 1.94 bits per heavy atom. The zero-order valence-corrected chi connectivity index (χ0v) is 9.86. The van der Waals surface area contributed by atoms with E-state index >= 15 is 0 Å². The molecule has 0 amide bonds. The molecular weight excluding hydrogens is 200 g/mol. The van der Waals surface area contributed by atoms with E-state index in [2.05, 4.69) is 39.4 Å².